The Morgan fingerprint density at radius 2 is 2.11 bits per heavy atom. The third-order valence-electron chi connectivity index (χ3n) is 4.57. The van der Waals surface area contributed by atoms with Crippen molar-refractivity contribution in [2.45, 2.75) is 63.6 Å². The molecule has 2 N–H and O–H groups in total. The van der Waals surface area contributed by atoms with E-state index in [9.17, 15) is 0 Å². The number of nitrogens with two attached hydrogens (primary N) is 1. The Morgan fingerprint density at radius 3 is 2.79 bits per heavy atom. The number of likely N-dealkylation sites (tertiary alicyclic amines) is 1. The van der Waals surface area contributed by atoms with Crippen molar-refractivity contribution in [1.29, 1.82) is 0 Å². The van der Waals surface area contributed by atoms with E-state index < -0.39 is 0 Å². The lowest BCUT2D eigenvalue weighted by Gasteiger charge is -2.33. The van der Waals surface area contributed by atoms with Crippen LogP contribution in [-0.4, -0.2) is 33.3 Å². The maximum atomic E-state index is 6.52. The largest absolute Gasteiger partial charge is 0.326 e. The number of rotatable bonds is 3. The number of aromatic nitrogens is 2. The molecule has 0 radical (unpaired) electrons. The van der Waals surface area contributed by atoms with Crippen LogP contribution in [0.15, 0.2) is 6.20 Å². The summed E-state index contributed by atoms with van der Waals surface area (Å²) in [6.45, 7) is 3.40. The molecule has 1 aromatic heterocycles. The number of hydrogen-bond acceptors (Lipinski definition) is 3. The van der Waals surface area contributed by atoms with Crippen LogP contribution in [0.25, 0.3) is 0 Å². The lowest BCUT2D eigenvalue weighted by molar-refractivity contribution is 0.175. The summed E-state index contributed by atoms with van der Waals surface area (Å²) in [6, 6.07) is 1.43. The third-order valence-corrected chi connectivity index (χ3v) is 4.57. The first-order chi connectivity index (χ1) is 9.20. The van der Waals surface area contributed by atoms with Gasteiger partial charge in [0.05, 0.1) is 11.7 Å². The average molecular weight is 262 g/mol. The molecule has 0 spiro atoms. The molecule has 2 fully saturated rings. The zero-order valence-electron chi connectivity index (χ0n) is 12.2. The molecule has 2 unspecified atom stereocenters. The van der Waals surface area contributed by atoms with Crippen molar-refractivity contribution in [3.63, 3.8) is 0 Å². The van der Waals surface area contributed by atoms with E-state index in [0.29, 0.717) is 6.04 Å². The van der Waals surface area contributed by atoms with Gasteiger partial charge in [-0.05, 0) is 38.6 Å². The first-order valence-corrected chi connectivity index (χ1v) is 7.74. The van der Waals surface area contributed by atoms with E-state index in [4.69, 9.17) is 5.73 Å². The molecule has 2 heterocycles. The molecular weight excluding hydrogens is 236 g/mol. The third kappa shape index (κ3) is 2.56. The van der Waals surface area contributed by atoms with E-state index in [2.05, 4.69) is 23.1 Å². The van der Waals surface area contributed by atoms with Crippen LogP contribution >= 0.6 is 0 Å². The number of hydrogen-bond donors (Lipinski definition) is 1. The molecule has 1 aromatic rings. The minimum absolute atomic E-state index is 0.262. The predicted molar refractivity (Wildman–Crippen MR) is 76.9 cm³/mol. The van der Waals surface area contributed by atoms with Gasteiger partial charge in [0.25, 0.3) is 0 Å². The molecule has 0 amide bonds. The van der Waals surface area contributed by atoms with Gasteiger partial charge in [-0.25, -0.2) is 0 Å². The SMILES string of the molecule is CCc1nn(C)cc1C1C(N)CCCCN1C1CC1. The molecule has 4 nitrogen and oxygen atoms in total. The highest BCUT2D eigenvalue weighted by Gasteiger charge is 2.39. The van der Waals surface area contributed by atoms with Crippen molar-refractivity contribution in [3.8, 4) is 0 Å². The van der Waals surface area contributed by atoms with Gasteiger partial charge in [0.15, 0.2) is 0 Å². The minimum Gasteiger partial charge on any atom is -0.326 e. The van der Waals surface area contributed by atoms with Crippen LogP contribution in [0.1, 0.15) is 56.3 Å². The Hall–Kier alpha value is -0.870. The van der Waals surface area contributed by atoms with E-state index in [-0.39, 0.29) is 6.04 Å². The van der Waals surface area contributed by atoms with Crippen molar-refractivity contribution in [2.75, 3.05) is 6.54 Å². The molecule has 106 valence electrons. The van der Waals surface area contributed by atoms with Crippen LogP contribution in [0.3, 0.4) is 0 Å². The van der Waals surface area contributed by atoms with Crippen molar-refractivity contribution < 1.29 is 0 Å². The van der Waals surface area contributed by atoms with E-state index in [1.54, 1.807) is 0 Å². The topological polar surface area (TPSA) is 47.1 Å². The zero-order valence-corrected chi connectivity index (χ0v) is 12.2. The summed E-state index contributed by atoms with van der Waals surface area (Å²) >= 11 is 0. The maximum Gasteiger partial charge on any atom is 0.0670 e. The molecule has 1 saturated carbocycles. The Labute approximate surface area is 116 Å². The van der Waals surface area contributed by atoms with Gasteiger partial charge in [0.2, 0.25) is 0 Å². The molecule has 0 bridgehead atoms. The van der Waals surface area contributed by atoms with Crippen molar-refractivity contribution in [2.24, 2.45) is 12.8 Å². The van der Waals surface area contributed by atoms with Crippen LogP contribution in [0.2, 0.25) is 0 Å². The molecule has 19 heavy (non-hydrogen) atoms. The van der Waals surface area contributed by atoms with Gasteiger partial charge in [-0.3, -0.25) is 9.58 Å². The highest BCUT2D eigenvalue weighted by atomic mass is 15.3. The van der Waals surface area contributed by atoms with Gasteiger partial charge in [-0.1, -0.05) is 13.3 Å². The maximum absolute atomic E-state index is 6.52. The van der Waals surface area contributed by atoms with E-state index in [0.717, 1.165) is 18.9 Å². The number of nitrogens with zero attached hydrogens (tertiary/aromatic N) is 3. The molecule has 1 saturated heterocycles. The van der Waals surface area contributed by atoms with Gasteiger partial charge in [0, 0.05) is 30.9 Å². The van der Waals surface area contributed by atoms with Gasteiger partial charge < -0.3 is 5.73 Å². The summed E-state index contributed by atoms with van der Waals surface area (Å²) < 4.78 is 1.96. The smallest absolute Gasteiger partial charge is 0.0670 e. The van der Waals surface area contributed by atoms with Crippen molar-refractivity contribution in [3.05, 3.63) is 17.5 Å². The Bertz CT molecular complexity index is 435. The average Bonchev–Trinajstić information content (AvgIpc) is 3.17. The van der Waals surface area contributed by atoms with Gasteiger partial charge in [-0.15, -0.1) is 0 Å². The fraction of sp³-hybridized carbons (Fsp3) is 0.800. The molecular formula is C15H26N4. The lowest BCUT2D eigenvalue weighted by Crippen LogP contribution is -2.41. The fourth-order valence-electron chi connectivity index (χ4n) is 3.52. The molecule has 2 aliphatic rings. The van der Waals surface area contributed by atoms with Gasteiger partial charge in [-0.2, -0.15) is 5.10 Å². The van der Waals surface area contributed by atoms with Crippen molar-refractivity contribution in [1.82, 2.24) is 14.7 Å². The lowest BCUT2D eigenvalue weighted by atomic mass is 9.96. The number of aryl methyl sites for hydroxylation is 2. The molecule has 1 aliphatic carbocycles. The van der Waals surface area contributed by atoms with E-state index >= 15 is 0 Å². The second-order valence-corrected chi connectivity index (χ2v) is 6.13. The molecule has 0 aromatic carbocycles. The van der Waals surface area contributed by atoms with Crippen LogP contribution in [0.5, 0.6) is 0 Å². The quantitative estimate of drug-likeness (QED) is 0.906. The summed E-state index contributed by atoms with van der Waals surface area (Å²) in [4.78, 5) is 2.67. The summed E-state index contributed by atoms with van der Waals surface area (Å²) in [7, 11) is 2.02. The first-order valence-electron chi connectivity index (χ1n) is 7.74. The molecule has 3 rings (SSSR count). The zero-order chi connectivity index (χ0) is 13.4. The highest BCUT2D eigenvalue weighted by molar-refractivity contribution is 5.24. The van der Waals surface area contributed by atoms with E-state index in [1.807, 2.05) is 11.7 Å². The Kier molecular flexibility index (Phi) is 3.63. The summed E-state index contributed by atoms with van der Waals surface area (Å²) in [6.07, 6.45) is 9.61. The molecule has 2 atom stereocenters. The first kappa shape index (κ1) is 13.1. The Balaban J connectivity index is 1.96. The fourth-order valence-corrected chi connectivity index (χ4v) is 3.52. The second kappa shape index (κ2) is 5.25. The van der Waals surface area contributed by atoms with Gasteiger partial charge in [0.1, 0.15) is 0 Å². The summed E-state index contributed by atoms with van der Waals surface area (Å²) in [5.74, 6) is 0. The Morgan fingerprint density at radius 1 is 1.32 bits per heavy atom. The van der Waals surface area contributed by atoms with Crippen molar-refractivity contribution >= 4 is 0 Å². The standard InChI is InChI=1S/C15H26N4/c1-3-14-12(10-18(2)17-14)15-13(16)6-4-5-9-19(15)11-7-8-11/h10-11,13,15H,3-9,16H2,1-2H3. The second-order valence-electron chi connectivity index (χ2n) is 6.13. The van der Waals surface area contributed by atoms with Crippen LogP contribution < -0.4 is 5.73 Å². The molecule has 1 aliphatic heterocycles. The summed E-state index contributed by atoms with van der Waals surface area (Å²) in [5.41, 5.74) is 9.13. The minimum atomic E-state index is 0.262. The predicted octanol–water partition coefficient (Wildman–Crippen LogP) is 2.00. The van der Waals surface area contributed by atoms with E-state index in [1.165, 1.54) is 43.5 Å². The monoisotopic (exact) mass is 262 g/mol. The van der Waals surface area contributed by atoms with Crippen LogP contribution in [0, 0.1) is 0 Å². The van der Waals surface area contributed by atoms with Crippen LogP contribution in [-0.2, 0) is 13.5 Å². The molecule has 4 heteroatoms. The normalized spacial score (nSPS) is 29.4. The highest BCUT2D eigenvalue weighted by Crippen LogP contribution is 2.39. The van der Waals surface area contributed by atoms with Gasteiger partial charge >= 0.3 is 0 Å². The summed E-state index contributed by atoms with van der Waals surface area (Å²) in [5, 5.41) is 4.62. The van der Waals surface area contributed by atoms with Crippen LogP contribution in [0.4, 0.5) is 0 Å².